The van der Waals surface area contributed by atoms with Gasteiger partial charge in [0.2, 0.25) is 0 Å². The van der Waals surface area contributed by atoms with Gasteiger partial charge >= 0.3 is 6.09 Å². The van der Waals surface area contributed by atoms with Crippen molar-refractivity contribution in [2.24, 2.45) is 0 Å². The lowest BCUT2D eigenvalue weighted by molar-refractivity contribution is 0.0975. The number of para-hydroxylation sites is 2. The highest BCUT2D eigenvalue weighted by Gasteiger charge is 2.27. The van der Waals surface area contributed by atoms with Gasteiger partial charge in [0.25, 0.3) is 5.91 Å². The van der Waals surface area contributed by atoms with Gasteiger partial charge in [-0.2, -0.15) is 0 Å². The molecule has 0 spiro atoms. The van der Waals surface area contributed by atoms with Crippen LogP contribution in [-0.2, 0) is 11.3 Å². The molecular weight excluding hydrogens is 448 g/mol. The molecule has 0 saturated heterocycles. The number of hydrogen-bond acceptors (Lipinski definition) is 6. The molecule has 162 valence electrons. The lowest BCUT2D eigenvalue weighted by Crippen LogP contribution is -2.37. The number of fused-ring (bicyclic) bond motifs is 1. The molecule has 3 aromatic carbocycles. The second-order valence-corrected chi connectivity index (χ2v) is 8.43. The first-order valence-electron chi connectivity index (χ1n) is 9.72. The maximum atomic E-state index is 13.2. The van der Waals surface area contributed by atoms with E-state index in [1.807, 2.05) is 43.3 Å². The van der Waals surface area contributed by atoms with E-state index < -0.39 is 12.0 Å². The minimum atomic E-state index is -0.781. The van der Waals surface area contributed by atoms with Crippen LogP contribution in [0.5, 0.6) is 5.75 Å². The smallest absolute Gasteiger partial charge is 0.421 e. The zero-order valence-corrected chi connectivity index (χ0v) is 18.9. The van der Waals surface area contributed by atoms with Crippen LogP contribution in [0.4, 0.5) is 10.5 Å². The molecule has 1 aromatic heterocycles. The van der Waals surface area contributed by atoms with Gasteiger partial charge in [0.1, 0.15) is 17.4 Å². The number of carbonyl (C=O) groups excluding carboxylic acids is 2. The minimum Gasteiger partial charge on any atom is -0.485 e. The first kappa shape index (κ1) is 21.8. The number of amides is 2. The van der Waals surface area contributed by atoms with Crippen molar-refractivity contribution >= 4 is 50.8 Å². The van der Waals surface area contributed by atoms with Gasteiger partial charge in [0, 0.05) is 5.56 Å². The number of aryl methyl sites for hydroxylation is 1. The van der Waals surface area contributed by atoms with Crippen molar-refractivity contribution < 1.29 is 19.1 Å². The molecule has 0 aliphatic rings. The fourth-order valence-corrected chi connectivity index (χ4v) is 4.31. The summed E-state index contributed by atoms with van der Waals surface area (Å²) in [7, 11) is 1.23. The van der Waals surface area contributed by atoms with Crippen molar-refractivity contribution in [1.29, 1.82) is 0 Å². The van der Waals surface area contributed by atoms with Crippen LogP contribution in [0.1, 0.15) is 20.9 Å². The number of aromatic nitrogens is 1. The Hall–Kier alpha value is -3.42. The Balaban J connectivity index is 1.55. The Kier molecular flexibility index (Phi) is 6.39. The molecule has 8 heteroatoms. The summed E-state index contributed by atoms with van der Waals surface area (Å²) in [5.41, 5.74) is 2.35. The van der Waals surface area contributed by atoms with Crippen molar-refractivity contribution in [3.05, 3.63) is 87.9 Å². The summed E-state index contributed by atoms with van der Waals surface area (Å²) in [5.74, 6) is -0.131. The van der Waals surface area contributed by atoms with Gasteiger partial charge in [-0.1, -0.05) is 41.9 Å². The van der Waals surface area contributed by atoms with E-state index >= 15 is 0 Å². The number of halogens is 1. The number of rotatable bonds is 5. The normalized spacial score (nSPS) is 10.7. The zero-order chi connectivity index (χ0) is 22.7. The molecular formula is C24H19ClN2O4S. The molecule has 0 radical (unpaired) electrons. The van der Waals surface area contributed by atoms with Crippen molar-refractivity contribution in [3.63, 3.8) is 0 Å². The number of hydrogen-bond donors (Lipinski definition) is 0. The molecule has 0 atom stereocenters. The summed E-state index contributed by atoms with van der Waals surface area (Å²) in [6, 6.07) is 19.6. The van der Waals surface area contributed by atoms with E-state index in [2.05, 4.69) is 4.98 Å². The summed E-state index contributed by atoms with van der Waals surface area (Å²) in [5, 5.41) is 1.07. The van der Waals surface area contributed by atoms with E-state index in [-0.39, 0.29) is 17.2 Å². The summed E-state index contributed by atoms with van der Waals surface area (Å²) in [4.78, 5) is 31.1. The van der Waals surface area contributed by atoms with Crippen LogP contribution in [0, 0.1) is 6.92 Å². The third-order valence-corrected chi connectivity index (χ3v) is 6.09. The third-order valence-electron chi connectivity index (χ3n) is 4.78. The highest BCUT2D eigenvalue weighted by atomic mass is 35.5. The third kappa shape index (κ3) is 4.44. The molecule has 0 bridgehead atoms. The molecule has 0 N–H and O–H groups in total. The van der Waals surface area contributed by atoms with Crippen molar-refractivity contribution in [3.8, 4) is 5.75 Å². The monoisotopic (exact) mass is 466 g/mol. The van der Waals surface area contributed by atoms with Crippen LogP contribution >= 0.6 is 22.9 Å². The zero-order valence-electron chi connectivity index (χ0n) is 17.4. The summed E-state index contributed by atoms with van der Waals surface area (Å²) in [6.07, 6.45) is -0.781. The van der Waals surface area contributed by atoms with Crippen LogP contribution < -0.4 is 9.64 Å². The average Bonchev–Trinajstić information content (AvgIpc) is 3.22. The van der Waals surface area contributed by atoms with Gasteiger partial charge < -0.3 is 9.47 Å². The molecule has 0 unspecified atom stereocenters. The van der Waals surface area contributed by atoms with Crippen molar-refractivity contribution in [2.75, 3.05) is 12.0 Å². The summed E-state index contributed by atoms with van der Waals surface area (Å²) < 4.78 is 11.7. The standard InChI is InChI=1S/C24H19ClN2O4S/c1-15-7-3-5-9-19(15)27(24(29)30-2)23(28)16-11-12-20(17(25)13-16)31-14-22-26-18-8-4-6-10-21(18)32-22/h3-13H,14H2,1-2H3. The topological polar surface area (TPSA) is 68.7 Å². The lowest BCUT2D eigenvalue weighted by Gasteiger charge is -2.21. The molecule has 0 fully saturated rings. The first-order chi connectivity index (χ1) is 15.5. The van der Waals surface area contributed by atoms with E-state index in [0.29, 0.717) is 11.4 Å². The van der Waals surface area contributed by atoms with Gasteiger partial charge in [-0.3, -0.25) is 4.79 Å². The molecule has 4 aromatic rings. The molecule has 4 rings (SSSR count). The quantitative estimate of drug-likeness (QED) is 0.347. The number of imide groups is 1. The Labute approximate surface area is 194 Å². The largest absolute Gasteiger partial charge is 0.485 e. The maximum Gasteiger partial charge on any atom is 0.421 e. The van der Waals surface area contributed by atoms with Crippen molar-refractivity contribution in [1.82, 2.24) is 4.98 Å². The van der Waals surface area contributed by atoms with Gasteiger partial charge in [-0.15, -0.1) is 11.3 Å². The first-order valence-corrected chi connectivity index (χ1v) is 10.9. The van der Waals surface area contributed by atoms with E-state index in [1.54, 1.807) is 35.6 Å². The van der Waals surface area contributed by atoms with E-state index in [1.165, 1.54) is 13.2 Å². The summed E-state index contributed by atoms with van der Waals surface area (Å²) >= 11 is 7.93. The van der Waals surface area contributed by atoms with Crippen LogP contribution in [0.25, 0.3) is 10.2 Å². The molecule has 0 aliphatic heterocycles. The molecule has 32 heavy (non-hydrogen) atoms. The average molecular weight is 467 g/mol. The highest BCUT2D eigenvalue weighted by molar-refractivity contribution is 7.18. The van der Waals surface area contributed by atoms with E-state index in [4.69, 9.17) is 21.1 Å². The number of thiazole rings is 1. The fraction of sp³-hybridized carbons (Fsp3) is 0.125. The highest BCUT2D eigenvalue weighted by Crippen LogP contribution is 2.30. The Morgan fingerprint density at radius 3 is 2.53 bits per heavy atom. The van der Waals surface area contributed by atoms with Crippen LogP contribution in [-0.4, -0.2) is 24.1 Å². The summed E-state index contributed by atoms with van der Waals surface area (Å²) in [6.45, 7) is 2.06. The van der Waals surface area contributed by atoms with Gasteiger partial charge in [-0.25, -0.2) is 14.7 Å². The van der Waals surface area contributed by atoms with E-state index in [0.717, 1.165) is 25.7 Å². The molecule has 2 amide bonds. The van der Waals surface area contributed by atoms with Crippen LogP contribution in [0.3, 0.4) is 0 Å². The fourth-order valence-electron chi connectivity index (χ4n) is 3.20. The van der Waals surface area contributed by atoms with Gasteiger partial charge in [0.05, 0.1) is 28.0 Å². The van der Waals surface area contributed by atoms with Crippen LogP contribution in [0.15, 0.2) is 66.7 Å². The Morgan fingerprint density at radius 2 is 1.81 bits per heavy atom. The minimum absolute atomic E-state index is 0.232. The van der Waals surface area contributed by atoms with Crippen LogP contribution in [0.2, 0.25) is 5.02 Å². The second-order valence-electron chi connectivity index (χ2n) is 6.91. The van der Waals surface area contributed by atoms with Gasteiger partial charge in [-0.05, 0) is 48.9 Å². The number of nitrogens with zero attached hydrogens (tertiary/aromatic N) is 2. The number of benzene rings is 3. The van der Waals surface area contributed by atoms with Gasteiger partial charge in [0.15, 0.2) is 0 Å². The molecule has 1 heterocycles. The maximum absolute atomic E-state index is 13.2. The Bertz CT molecular complexity index is 1270. The number of carbonyl (C=O) groups is 2. The Morgan fingerprint density at radius 1 is 1.06 bits per heavy atom. The number of methoxy groups -OCH3 is 1. The van der Waals surface area contributed by atoms with Crippen molar-refractivity contribution in [2.45, 2.75) is 13.5 Å². The number of ether oxygens (including phenoxy) is 2. The molecule has 0 aliphatic carbocycles. The second kappa shape index (κ2) is 9.38. The lowest BCUT2D eigenvalue weighted by atomic mass is 10.1. The molecule has 0 saturated carbocycles. The molecule has 6 nitrogen and oxygen atoms in total. The predicted octanol–water partition coefficient (Wildman–Crippen LogP) is 6.25. The van der Waals surface area contributed by atoms with E-state index in [9.17, 15) is 9.59 Å². The predicted molar refractivity (Wildman–Crippen MR) is 126 cm³/mol. The SMILES string of the molecule is COC(=O)N(C(=O)c1ccc(OCc2nc3ccccc3s2)c(Cl)c1)c1ccccc1C. The number of anilines is 1.